The fourth-order valence-corrected chi connectivity index (χ4v) is 3.06. The number of rotatable bonds is 8. The van der Waals surface area contributed by atoms with Crippen LogP contribution in [-0.2, 0) is 18.8 Å². The number of ether oxygens (including phenoxy) is 1. The number of carbonyl (C=O) groups excluding carboxylic acids is 1. The molecule has 0 aliphatic carbocycles. The Labute approximate surface area is 169 Å². The molecule has 162 valence electrons. The number of unbranched alkanes of at least 4 members (excludes halogenated alkanes) is 1. The predicted molar refractivity (Wildman–Crippen MR) is 108 cm³/mol. The molecule has 0 spiro atoms. The Bertz CT molecular complexity index is 559. The van der Waals surface area contributed by atoms with E-state index in [0.29, 0.717) is 19.2 Å². The van der Waals surface area contributed by atoms with Crippen LogP contribution in [0.5, 0.6) is 0 Å². The number of aliphatic carboxylic acids is 1. The van der Waals surface area contributed by atoms with E-state index in [1.807, 2.05) is 27.7 Å². The van der Waals surface area contributed by atoms with Crippen LogP contribution in [0.15, 0.2) is 0 Å². The summed E-state index contributed by atoms with van der Waals surface area (Å²) in [5.41, 5.74) is 2.79. The maximum Gasteiger partial charge on any atom is 0.457 e. The Hall–Kier alpha value is -1.32. The maximum atomic E-state index is 12.4. The van der Waals surface area contributed by atoms with Crippen molar-refractivity contribution in [1.82, 2.24) is 4.90 Å². The standard InChI is InChI=1S/C19H37BN2O6/c1-16(2,3)26-15(25)22(8)19(13-21,14(23)24)11-9-10-12-20-27-17(4,5)18(6,7)28-20/h9-13,21H2,1-8H3,(H,23,24). The molecule has 1 heterocycles. The quantitative estimate of drug-likeness (QED) is 0.476. The Morgan fingerprint density at radius 3 is 2.00 bits per heavy atom. The molecule has 8 nitrogen and oxygen atoms in total. The first-order chi connectivity index (χ1) is 12.6. The number of carboxylic acids is 1. The average molecular weight is 400 g/mol. The first-order valence-corrected chi connectivity index (χ1v) is 9.84. The van der Waals surface area contributed by atoms with Crippen LogP contribution in [0, 0.1) is 0 Å². The number of amides is 1. The lowest BCUT2D eigenvalue weighted by Crippen LogP contribution is -2.60. The second-order valence-electron chi connectivity index (χ2n) is 9.51. The van der Waals surface area contributed by atoms with Crippen molar-refractivity contribution < 1.29 is 28.7 Å². The summed E-state index contributed by atoms with van der Waals surface area (Å²) in [6.07, 6.45) is 1.40. The van der Waals surface area contributed by atoms with E-state index in [1.165, 1.54) is 7.05 Å². The van der Waals surface area contributed by atoms with Crippen molar-refractivity contribution in [1.29, 1.82) is 0 Å². The minimum Gasteiger partial charge on any atom is -0.479 e. The van der Waals surface area contributed by atoms with Crippen LogP contribution in [0.1, 0.15) is 67.7 Å². The fraction of sp³-hybridized carbons (Fsp3) is 0.895. The molecule has 0 aromatic rings. The van der Waals surface area contributed by atoms with Gasteiger partial charge >= 0.3 is 19.2 Å². The summed E-state index contributed by atoms with van der Waals surface area (Å²) >= 11 is 0. The van der Waals surface area contributed by atoms with Gasteiger partial charge in [0.15, 0.2) is 5.54 Å². The van der Waals surface area contributed by atoms with Crippen LogP contribution < -0.4 is 5.73 Å². The zero-order chi connectivity index (χ0) is 22.0. The number of nitrogens with zero attached hydrogens (tertiary/aromatic N) is 1. The lowest BCUT2D eigenvalue weighted by Gasteiger charge is -2.38. The molecule has 0 radical (unpaired) electrons. The zero-order valence-corrected chi connectivity index (χ0v) is 18.6. The predicted octanol–water partition coefficient (Wildman–Crippen LogP) is 2.90. The second kappa shape index (κ2) is 8.59. The summed E-state index contributed by atoms with van der Waals surface area (Å²) in [5, 5.41) is 9.81. The maximum absolute atomic E-state index is 12.4. The van der Waals surface area contributed by atoms with Crippen molar-refractivity contribution in [3.05, 3.63) is 0 Å². The van der Waals surface area contributed by atoms with E-state index >= 15 is 0 Å². The highest BCUT2D eigenvalue weighted by atomic mass is 16.7. The Kier molecular flexibility index (Phi) is 7.58. The molecule has 0 bridgehead atoms. The van der Waals surface area contributed by atoms with Gasteiger partial charge in [-0.05, 0) is 61.2 Å². The van der Waals surface area contributed by atoms with Gasteiger partial charge in [-0.25, -0.2) is 9.59 Å². The molecule has 1 fully saturated rings. The van der Waals surface area contributed by atoms with E-state index in [1.54, 1.807) is 20.8 Å². The van der Waals surface area contributed by atoms with Gasteiger partial charge in [0.25, 0.3) is 0 Å². The van der Waals surface area contributed by atoms with Gasteiger partial charge in [-0.3, -0.25) is 4.90 Å². The molecule has 1 atom stereocenters. The summed E-state index contributed by atoms with van der Waals surface area (Å²) < 4.78 is 17.2. The molecular formula is C19H37BN2O6. The molecule has 1 saturated heterocycles. The number of carboxylic acid groups (broad SMARTS) is 1. The summed E-state index contributed by atoms with van der Waals surface area (Å²) in [6, 6.07) is 0. The molecule has 3 N–H and O–H groups in total. The third-order valence-corrected chi connectivity index (χ3v) is 5.63. The lowest BCUT2D eigenvalue weighted by molar-refractivity contribution is -0.150. The molecule has 1 unspecified atom stereocenters. The fourth-order valence-electron chi connectivity index (χ4n) is 3.06. The summed E-state index contributed by atoms with van der Waals surface area (Å²) in [5.74, 6) is -1.14. The Balaban J connectivity index is 2.70. The lowest BCUT2D eigenvalue weighted by atomic mass is 9.80. The molecule has 9 heteroatoms. The molecule has 0 aromatic heterocycles. The Morgan fingerprint density at radius 2 is 1.61 bits per heavy atom. The van der Waals surface area contributed by atoms with E-state index in [-0.39, 0.29) is 20.1 Å². The van der Waals surface area contributed by atoms with Gasteiger partial charge in [0.05, 0.1) is 11.2 Å². The topological polar surface area (TPSA) is 111 Å². The normalized spacial score (nSPS) is 20.5. The molecule has 0 saturated carbocycles. The Morgan fingerprint density at radius 1 is 1.11 bits per heavy atom. The van der Waals surface area contributed by atoms with Crippen LogP contribution >= 0.6 is 0 Å². The molecule has 1 aliphatic rings. The van der Waals surface area contributed by atoms with E-state index < -0.39 is 34.4 Å². The molecular weight excluding hydrogens is 363 g/mol. The molecule has 28 heavy (non-hydrogen) atoms. The van der Waals surface area contributed by atoms with E-state index in [0.717, 1.165) is 4.90 Å². The van der Waals surface area contributed by atoms with E-state index in [9.17, 15) is 14.7 Å². The van der Waals surface area contributed by atoms with E-state index in [4.69, 9.17) is 19.8 Å². The highest BCUT2D eigenvalue weighted by Crippen LogP contribution is 2.38. The van der Waals surface area contributed by atoms with Crippen LogP contribution in [0.4, 0.5) is 4.79 Å². The number of hydrogen-bond donors (Lipinski definition) is 2. The van der Waals surface area contributed by atoms with Gasteiger partial charge in [0.1, 0.15) is 5.60 Å². The van der Waals surface area contributed by atoms with Crippen molar-refractivity contribution in [2.45, 2.75) is 96.4 Å². The van der Waals surface area contributed by atoms with Crippen LogP contribution in [-0.4, -0.2) is 65.1 Å². The number of nitrogens with two attached hydrogens (primary N) is 1. The van der Waals surface area contributed by atoms with Gasteiger partial charge < -0.3 is 24.9 Å². The van der Waals surface area contributed by atoms with Gasteiger partial charge in [-0.1, -0.05) is 12.8 Å². The third kappa shape index (κ3) is 5.61. The van der Waals surface area contributed by atoms with E-state index in [2.05, 4.69) is 0 Å². The van der Waals surface area contributed by atoms with Gasteiger partial charge in [0.2, 0.25) is 0 Å². The average Bonchev–Trinajstić information content (AvgIpc) is 2.72. The van der Waals surface area contributed by atoms with Crippen molar-refractivity contribution >= 4 is 19.2 Å². The van der Waals surface area contributed by atoms with Crippen LogP contribution in [0.3, 0.4) is 0 Å². The first-order valence-electron chi connectivity index (χ1n) is 9.84. The van der Waals surface area contributed by atoms with Gasteiger partial charge in [-0.2, -0.15) is 0 Å². The third-order valence-electron chi connectivity index (χ3n) is 5.63. The largest absolute Gasteiger partial charge is 0.479 e. The summed E-state index contributed by atoms with van der Waals surface area (Å²) in [7, 11) is 1.09. The summed E-state index contributed by atoms with van der Waals surface area (Å²) in [4.78, 5) is 25.5. The van der Waals surface area contributed by atoms with Crippen molar-refractivity contribution in [3.8, 4) is 0 Å². The number of hydrogen-bond acceptors (Lipinski definition) is 6. The minimum atomic E-state index is -1.52. The van der Waals surface area contributed by atoms with Crippen molar-refractivity contribution in [3.63, 3.8) is 0 Å². The monoisotopic (exact) mass is 400 g/mol. The zero-order valence-electron chi connectivity index (χ0n) is 18.6. The first kappa shape index (κ1) is 24.7. The van der Waals surface area contributed by atoms with Gasteiger partial charge in [-0.15, -0.1) is 0 Å². The minimum absolute atomic E-state index is 0.200. The summed E-state index contributed by atoms with van der Waals surface area (Å²) in [6.45, 7) is 13.0. The van der Waals surface area contributed by atoms with Crippen LogP contribution in [0.25, 0.3) is 0 Å². The molecule has 1 amide bonds. The van der Waals surface area contributed by atoms with Crippen molar-refractivity contribution in [2.24, 2.45) is 5.73 Å². The highest BCUT2D eigenvalue weighted by molar-refractivity contribution is 6.45. The number of carbonyl (C=O) groups is 2. The molecule has 1 rings (SSSR count). The van der Waals surface area contributed by atoms with Crippen LogP contribution in [0.2, 0.25) is 6.32 Å². The molecule has 0 aromatic carbocycles. The number of likely N-dealkylation sites (N-methyl/N-ethyl adjacent to an activating group) is 1. The smallest absolute Gasteiger partial charge is 0.457 e. The molecule has 1 aliphatic heterocycles. The van der Waals surface area contributed by atoms with Gasteiger partial charge in [0, 0.05) is 13.6 Å². The SMILES string of the molecule is CN(C(=O)OC(C)(C)C)C(CN)(CCCCB1OC(C)(C)C(C)(C)O1)C(=O)O. The van der Waals surface area contributed by atoms with Crippen molar-refractivity contribution in [2.75, 3.05) is 13.6 Å². The highest BCUT2D eigenvalue weighted by Gasteiger charge is 2.50. The second-order valence-corrected chi connectivity index (χ2v) is 9.51.